The third kappa shape index (κ3) is 4.59. The molecule has 25 heavy (non-hydrogen) atoms. The summed E-state index contributed by atoms with van der Waals surface area (Å²) < 4.78 is 0. The average Bonchev–Trinajstić information content (AvgIpc) is 2.62. The molecule has 1 aromatic carbocycles. The highest BCUT2D eigenvalue weighted by atomic mass is 16.2. The van der Waals surface area contributed by atoms with Gasteiger partial charge in [-0.25, -0.2) is 4.98 Å². The molecule has 0 aliphatic carbocycles. The first-order valence-electron chi connectivity index (χ1n) is 8.99. The third-order valence-electron chi connectivity index (χ3n) is 4.47. The van der Waals surface area contributed by atoms with Crippen LogP contribution in [0.5, 0.6) is 0 Å². The number of carbonyl (C=O) groups excluding carboxylic acids is 1. The fourth-order valence-electron chi connectivity index (χ4n) is 2.71. The van der Waals surface area contributed by atoms with Gasteiger partial charge in [-0.1, -0.05) is 44.9 Å². The molecule has 1 aliphatic heterocycles. The van der Waals surface area contributed by atoms with E-state index in [2.05, 4.69) is 44.0 Å². The summed E-state index contributed by atoms with van der Waals surface area (Å²) in [7, 11) is 3.90. The molecule has 4 nitrogen and oxygen atoms in total. The van der Waals surface area contributed by atoms with Crippen LogP contribution in [0.25, 0.3) is 0 Å². The fraction of sp³-hybridized carbons (Fsp3) is 0.429. The molecule has 0 radical (unpaired) electrons. The topological polar surface area (TPSA) is 36.4 Å². The van der Waals surface area contributed by atoms with Gasteiger partial charge in [-0.05, 0) is 35.7 Å². The van der Waals surface area contributed by atoms with Crippen LogP contribution in [0, 0.1) is 6.92 Å². The van der Waals surface area contributed by atoms with Gasteiger partial charge in [0.1, 0.15) is 5.82 Å². The van der Waals surface area contributed by atoms with E-state index in [1.165, 1.54) is 29.5 Å². The van der Waals surface area contributed by atoms with Crippen LogP contribution >= 0.6 is 0 Å². The Bertz CT molecular complexity index is 706. The number of unbranched alkanes of at least 4 members (excludes halogenated alkanes) is 1. The number of benzene rings is 1. The number of anilines is 2. The quantitative estimate of drug-likeness (QED) is 0.834. The van der Waals surface area contributed by atoms with Gasteiger partial charge in [0.15, 0.2) is 0 Å². The molecule has 4 heteroatoms. The summed E-state index contributed by atoms with van der Waals surface area (Å²) >= 11 is 0. The van der Waals surface area contributed by atoms with E-state index in [4.69, 9.17) is 0 Å². The van der Waals surface area contributed by atoms with Crippen LogP contribution in [0.15, 0.2) is 36.5 Å². The Hall–Kier alpha value is -2.36. The highest BCUT2D eigenvalue weighted by Crippen LogP contribution is 2.27. The predicted octanol–water partition coefficient (Wildman–Crippen LogP) is 4.35. The van der Waals surface area contributed by atoms with E-state index in [1.807, 2.05) is 36.0 Å². The molecule has 2 aromatic rings. The van der Waals surface area contributed by atoms with Gasteiger partial charge in [0, 0.05) is 14.1 Å². The molecule has 2 heterocycles. The molecule has 3 rings (SSSR count). The highest BCUT2D eigenvalue weighted by Gasteiger charge is 2.25. The molecular formula is C21H29N3O. The summed E-state index contributed by atoms with van der Waals surface area (Å²) in [4.78, 5) is 20.6. The number of aromatic nitrogens is 1. The third-order valence-corrected chi connectivity index (χ3v) is 4.47. The second-order valence-electron chi connectivity index (χ2n) is 6.64. The van der Waals surface area contributed by atoms with Gasteiger partial charge in [0.25, 0.3) is 0 Å². The van der Waals surface area contributed by atoms with Crippen LogP contribution in [0.2, 0.25) is 0 Å². The monoisotopic (exact) mass is 339 g/mol. The molecule has 0 unspecified atom stereocenters. The predicted molar refractivity (Wildman–Crippen MR) is 105 cm³/mol. The lowest BCUT2D eigenvalue weighted by atomic mass is 9.94. The van der Waals surface area contributed by atoms with Gasteiger partial charge in [0.2, 0.25) is 5.91 Å². The minimum Gasteiger partial charge on any atom is -0.363 e. The number of amides is 1. The number of nitrogens with zero attached hydrogens (tertiary/aromatic N) is 3. The van der Waals surface area contributed by atoms with Crippen molar-refractivity contribution < 1.29 is 4.79 Å². The number of pyridine rings is 1. The van der Waals surface area contributed by atoms with Gasteiger partial charge >= 0.3 is 0 Å². The lowest BCUT2D eigenvalue weighted by molar-refractivity contribution is -0.118. The molecule has 1 aliphatic rings. The summed E-state index contributed by atoms with van der Waals surface area (Å²) in [5.41, 5.74) is 4.46. The Morgan fingerprint density at radius 1 is 1.12 bits per heavy atom. The maximum atomic E-state index is 12.4. The van der Waals surface area contributed by atoms with Crippen LogP contribution in [-0.2, 0) is 17.8 Å². The van der Waals surface area contributed by atoms with Crippen molar-refractivity contribution in [3.05, 3.63) is 53.2 Å². The molecule has 134 valence electrons. The first-order valence-corrected chi connectivity index (χ1v) is 8.99. The number of fused-ring (bicyclic) bond motifs is 1. The van der Waals surface area contributed by atoms with Crippen LogP contribution < -0.4 is 9.80 Å². The molecule has 1 amide bonds. The van der Waals surface area contributed by atoms with Gasteiger partial charge in [-0.15, -0.1) is 0 Å². The van der Waals surface area contributed by atoms with E-state index in [1.54, 1.807) is 6.20 Å². The number of rotatable bonds is 3. The van der Waals surface area contributed by atoms with Crippen LogP contribution in [0.4, 0.5) is 11.5 Å². The standard InChI is InChI=1S/C17H19N3O.C4H10/c1-12-5-4-6-13-11-20(17(21)9-15(12)13)14-7-8-16(18-10-14)19(2)3;1-3-4-2/h4-8,10H,9,11H2,1-3H3;3-4H2,1-2H3. The largest absolute Gasteiger partial charge is 0.363 e. The van der Waals surface area contributed by atoms with E-state index in [0.717, 1.165) is 11.5 Å². The molecule has 1 aromatic heterocycles. The average molecular weight is 339 g/mol. The number of hydrogen-bond donors (Lipinski definition) is 0. The van der Waals surface area contributed by atoms with Crippen LogP contribution in [0.1, 0.15) is 43.4 Å². The van der Waals surface area contributed by atoms with Crippen LogP contribution in [-0.4, -0.2) is 25.0 Å². The number of hydrogen-bond acceptors (Lipinski definition) is 3. The second-order valence-corrected chi connectivity index (χ2v) is 6.64. The van der Waals surface area contributed by atoms with Crippen molar-refractivity contribution in [2.75, 3.05) is 23.9 Å². The summed E-state index contributed by atoms with van der Waals surface area (Å²) in [6, 6.07) is 10.1. The molecule has 0 saturated carbocycles. The summed E-state index contributed by atoms with van der Waals surface area (Å²) in [6.45, 7) is 7.05. The first kappa shape index (κ1) is 19.0. The van der Waals surface area contributed by atoms with Gasteiger partial charge < -0.3 is 9.80 Å². The summed E-state index contributed by atoms with van der Waals surface area (Å²) in [5, 5.41) is 0. The molecule has 0 saturated heterocycles. The normalized spacial score (nSPS) is 13.0. The zero-order valence-corrected chi connectivity index (χ0v) is 16.0. The van der Waals surface area contributed by atoms with Gasteiger partial charge in [0.05, 0.1) is 24.8 Å². The Morgan fingerprint density at radius 3 is 2.40 bits per heavy atom. The van der Waals surface area contributed by atoms with Gasteiger partial charge in [-0.2, -0.15) is 0 Å². The summed E-state index contributed by atoms with van der Waals surface area (Å²) in [6.07, 6.45) is 4.88. The van der Waals surface area contributed by atoms with E-state index in [9.17, 15) is 4.79 Å². The molecule has 0 atom stereocenters. The fourth-order valence-corrected chi connectivity index (χ4v) is 2.71. The van der Waals surface area contributed by atoms with Crippen molar-refractivity contribution in [1.82, 2.24) is 4.98 Å². The smallest absolute Gasteiger partial charge is 0.231 e. The molecule has 0 bridgehead atoms. The maximum Gasteiger partial charge on any atom is 0.231 e. The number of aryl methyl sites for hydroxylation is 1. The van der Waals surface area contributed by atoms with Crippen molar-refractivity contribution in [2.45, 2.75) is 46.6 Å². The Morgan fingerprint density at radius 2 is 1.84 bits per heavy atom. The van der Waals surface area contributed by atoms with Crippen LogP contribution in [0.3, 0.4) is 0 Å². The second kappa shape index (κ2) is 8.65. The van der Waals surface area contributed by atoms with Crippen molar-refractivity contribution in [2.24, 2.45) is 0 Å². The minimum atomic E-state index is 0.135. The van der Waals surface area contributed by atoms with Gasteiger partial charge in [-0.3, -0.25) is 4.79 Å². The maximum absolute atomic E-state index is 12.4. The highest BCUT2D eigenvalue weighted by molar-refractivity contribution is 5.96. The van der Waals surface area contributed by atoms with Crippen molar-refractivity contribution in [1.29, 1.82) is 0 Å². The van der Waals surface area contributed by atoms with E-state index < -0.39 is 0 Å². The zero-order chi connectivity index (χ0) is 18.4. The zero-order valence-electron chi connectivity index (χ0n) is 16.0. The lowest BCUT2D eigenvalue weighted by Gasteiger charge is -2.29. The Labute approximate surface area is 151 Å². The molecule has 0 fully saturated rings. The summed E-state index contributed by atoms with van der Waals surface area (Å²) in [5.74, 6) is 1.02. The Kier molecular flexibility index (Phi) is 6.57. The molecular weight excluding hydrogens is 310 g/mol. The first-order chi connectivity index (χ1) is 12.0. The lowest BCUT2D eigenvalue weighted by Crippen LogP contribution is -2.36. The van der Waals surface area contributed by atoms with Crippen molar-refractivity contribution in [3.63, 3.8) is 0 Å². The van der Waals surface area contributed by atoms with E-state index in [-0.39, 0.29) is 5.91 Å². The molecule has 0 spiro atoms. The Balaban J connectivity index is 0.000000511. The SMILES string of the molecule is CCCC.Cc1cccc2c1CC(=O)N(c1ccc(N(C)C)nc1)C2. The molecule has 0 N–H and O–H groups in total. The van der Waals surface area contributed by atoms with Crippen molar-refractivity contribution in [3.8, 4) is 0 Å². The number of carbonyl (C=O) groups is 1. The minimum absolute atomic E-state index is 0.135. The van der Waals surface area contributed by atoms with Crippen molar-refractivity contribution >= 4 is 17.4 Å². The van der Waals surface area contributed by atoms with E-state index >= 15 is 0 Å². The van der Waals surface area contributed by atoms with E-state index in [0.29, 0.717) is 13.0 Å².